The van der Waals surface area contributed by atoms with Crippen molar-refractivity contribution in [1.82, 2.24) is 0 Å². The van der Waals surface area contributed by atoms with Crippen LogP contribution in [0.5, 0.6) is 0 Å². The quantitative estimate of drug-likeness (QED) is 0.621. The largest absolute Gasteiger partial charge is 0.466 e. The van der Waals surface area contributed by atoms with Gasteiger partial charge in [-0.1, -0.05) is 6.08 Å². The summed E-state index contributed by atoms with van der Waals surface area (Å²) in [6.45, 7) is 3.63. The number of ketones is 1. The van der Waals surface area contributed by atoms with E-state index in [1.807, 2.05) is 6.08 Å². The van der Waals surface area contributed by atoms with Gasteiger partial charge >= 0.3 is 5.97 Å². The predicted molar refractivity (Wildman–Crippen MR) is 48.1 cm³/mol. The summed E-state index contributed by atoms with van der Waals surface area (Å²) in [5.41, 5.74) is 0.624. The smallest absolute Gasteiger partial charge is 0.313 e. The topological polar surface area (TPSA) is 43.4 Å². The SMILES string of the molecule is CCOC(=O)C1CCC=C1C(C)=O. The zero-order valence-corrected chi connectivity index (χ0v) is 8.00. The first-order chi connectivity index (χ1) is 6.16. The van der Waals surface area contributed by atoms with Gasteiger partial charge in [-0.3, -0.25) is 9.59 Å². The lowest BCUT2D eigenvalue weighted by atomic mass is 9.99. The Bertz CT molecular complexity index is 253. The highest BCUT2D eigenvalue weighted by molar-refractivity contribution is 5.99. The molecule has 3 heteroatoms. The van der Waals surface area contributed by atoms with Crippen LogP contribution >= 0.6 is 0 Å². The molecule has 0 saturated heterocycles. The van der Waals surface area contributed by atoms with Gasteiger partial charge in [0.15, 0.2) is 5.78 Å². The van der Waals surface area contributed by atoms with Gasteiger partial charge in [0, 0.05) is 5.57 Å². The number of ether oxygens (including phenoxy) is 1. The molecule has 0 aromatic heterocycles. The third-order valence-corrected chi connectivity index (χ3v) is 2.17. The number of hydrogen-bond donors (Lipinski definition) is 0. The number of carbonyl (C=O) groups is 2. The van der Waals surface area contributed by atoms with Crippen molar-refractivity contribution in [2.24, 2.45) is 5.92 Å². The molecule has 0 aromatic carbocycles. The number of esters is 1. The van der Waals surface area contributed by atoms with Crippen molar-refractivity contribution in [1.29, 1.82) is 0 Å². The Kier molecular flexibility index (Phi) is 3.23. The number of allylic oxidation sites excluding steroid dienone is 1. The summed E-state index contributed by atoms with van der Waals surface area (Å²) in [5.74, 6) is -0.588. The Labute approximate surface area is 77.8 Å². The van der Waals surface area contributed by atoms with Crippen LogP contribution in [0.15, 0.2) is 11.6 Å². The summed E-state index contributed by atoms with van der Waals surface area (Å²) in [5, 5.41) is 0. The first-order valence-corrected chi connectivity index (χ1v) is 4.54. The second-order valence-electron chi connectivity index (χ2n) is 3.10. The Hall–Kier alpha value is -1.12. The zero-order valence-electron chi connectivity index (χ0n) is 8.00. The summed E-state index contributed by atoms with van der Waals surface area (Å²) in [6, 6.07) is 0. The number of carbonyl (C=O) groups excluding carboxylic acids is 2. The van der Waals surface area contributed by atoms with Crippen LogP contribution in [0.2, 0.25) is 0 Å². The molecule has 0 saturated carbocycles. The van der Waals surface area contributed by atoms with E-state index in [0.29, 0.717) is 18.6 Å². The van der Waals surface area contributed by atoms with Crippen molar-refractivity contribution >= 4 is 11.8 Å². The molecule has 1 atom stereocenters. The third kappa shape index (κ3) is 2.17. The van der Waals surface area contributed by atoms with E-state index in [2.05, 4.69) is 0 Å². The standard InChI is InChI=1S/C10H14O3/c1-3-13-10(12)9-6-4-5-8(9)7(2)11/h5,9H,3-4,6H2,1-2H3. The second kappa shape index (κ2) is 4.21. The van der Waals surface area contributed by atoms with Gasteiger partial charge in [0.25, 0.3) is 0 Å². The molecule has 0 spiro atoms. The van der Waals surface area contributed by atoms with E-state index in [9.17, 15) is 9.59 Å². The Morgan fingerprint density at radius 1 is 1.62 bits per heavy atom. The molecular weight excluding hydrogens is 168 g/mol. The molecule has 0 radical (unpaired) electrons. The molecular formula is C10H14O3. The van der Waals surface area contributed by atoms with Crippen LogP contribution in [-0.4, -0.2) is 18.4 Å². The summed E-state index contributed by atoms with van der Waals surface area (Å²) < 4.78 is 4.87. The minimum Gasteiger partial charge on any atom is -0.466 e. The van der Waals surface area contributed by atoms with Crippen LogP contribution in [0.3, 0.4) is 0 Å². The average molecular weight is 182 g/mol. The van der Waals surface area contributed by atoms with Gasteiger partial charge in [-0.2, -0.15) is 0 Å². The van der Waals surface area contributed by atoms with Crippen molar-refractivity contribution in [3.63, 3.8) is 0 Å². The second-order valence-corrected chi connectivity index (χ2v) is 3.10. The van der Waals surface area contributed by atoms with Crippen molar-refractivity contribution in [3.05, 3.63) is 11.6 Å². The molecule has 0 aromatic rings. The zero-order chi connectivity index (χ0) is 9.84. The van der Waals surface area contributed by atoms with E-state index in [1.165, 1.54) is 6.92 Å². The average Bonchev–Trinajstić information content (AvgIpc) is 2.52. The van der Waals surface area contributed by atoms with Crippen LogP contribution in [0, 0.1) is 5.92 Å². The lowest BCUT2D eigenvalue weighted by Gasteiger charge is -2.10. The molecule has 1 rings (SSSR count). The van der Waals surface area contributed by atoms with Crippen molar-refractivity contribution < 1.29 is 14.3 Å². The van der Waals surface area contributed by atoms with E-state index < -0.39 is 0 Å². The minimum absolute atomic E-state index is 0.0180. The summed E-state index contributed by atoms with van der Waals surface area (Å²) in [7, 11) is 0. The fraction of sp³-hybridized carbons (Fsp3) is 0.600. The molecule has 3 nitrogen and oxygen atoms in total. The molecule has 0 heterocycles. The van der Waals surface area contributed by atoms with Crippen LogP contribution in [0.1, 0.15) is 26.7 Å². The normalized spacial score (nSPS) is 21.1. The fourth-order valence-electron chi connectivity index (χ4n) is 1.58. The highest BCUT2D eigenvalue weighted by Crippen LogP contribution is 2.27. The van der Waals surface area contributed by atoms with Crippen LogP contribution in [-0.2, 0) is 14.3 Å². The maximum Gasteiger partial charge on any atom is 0.313 e. The molecule has 72 valence electrons. The van der Waals surface area contributed by atoms with E-state index in [0.717, 1.165) is 6.42 Å². The van der Waals surface area contributed by atoms with Crippen molar-refractivity contribution in [3.8, 4) is 0 Å². The number of rotatable bonds is 3. The number of Topliss-reactive ketones (excluding diaryl/α,β-unsaturated/α-hetero) is 1. The molecule has 1 aliphatic carbocycles. The van der Waals surface area contributed by atoms with Gasteiger partial charge in [-0.15, -0.1) is 0 Å². The van der Waals surface area contributed by atoms with Gasteiger partial charge in [-0.05, 0) is 26.7 Å². The van der Waals surface area contributed by atoms with Gasteiger partial charge in [0.1, 0.15) is 0 Å². The first kappa shape index (κ1) is 9.96. The van der Waals surface area contributed by atoms with Crippen LogP contribution in [0.25, 0.3) is 0 Å². The first-order valence-electron chi connectivity index (χ1n) is 4.54. The summed E-state index contributed by atoms with van der Waals surface area (Å²) >= 11 is 0. The predicted octanol–water partition coefficient (Wildman–Crippen LogP) is 1.47. The Balaban J connectivity index is 2.66. The summed E-state index contributed by atoms with van der Waals surface area (Å²) in [6.07, 6.45) is 3.36. The Morgan fingerprint density at radius 3 is 2.85 bits per heavy atom. The number of hydrogen-bond acceptors (Lipinski definition) is 3. The van der Waals surface area contributed by atoms with Crippen LogP contribution in [0.4, 0.5) is 0 Å². The minimum atomic E-state index is -0.308. The molecule has 1 unspecified atom stereocenters. The van der Waals surface area contributed by atoms with Gasteiger partial charge < -0.3 is 4.74 Å². The maximum absolute atomic E-state index is 11.3. The molecule has 0 bridgehead atoms. The molecule has 1 aliphatic rings. The van der Waals surface area contributed by atoms with Crippen LogP contribution < -0.4 is 0 Å². The maximum atomic E-state index is 11.3. The third-order valence-electron chi connectivity index (χ3n) is 2.17. The highest BCUT2D eigenvalue weighted by atomic mass is 16.5. The van der Waals surface area contributed by atoms with E-state index >= 15 is 0 Å². The fourth-order valence-corrected chi connectivity index (χ4v) is 1.58. The van der Waals surface area contributed by atoms with E-state index in [1.54, 1.807) is 6.92 Å². The monoisotopic (exact) mass is 182 g/mol. The van der Waals surface area contributed by atoms with Crippen molar-refractivity contribution in [2.45, 2.75) is 26.7 Å². The Morgan fingerprint density at radius 2 is 2.31 bits per heavy atom. The van der Waals surface area contributed by atoms with Gasteiger partial charge in [0.05, 0.1) is 12.5 Å². The molecule has 0 aliphatic heterocycles. The van der Waals surface area contributed by atoms with E-state index in [-0.39, 0.29) is 17.7 Å². The van der Waals surface area contributed by atoms with Gasteiger partial charge in [0.2, 0.25) is 0 Å². The molecule has 0 amide bonds. The van der Waals surface area contributed by atoms with Gasteiger partial charge in [-0.25, -0.2) is 0 Å². The molecule has 0 fully saturated rings. The molecule has 0 N–H and O–H groups in total. The molecule has 13 heavy (non-hydrogen) atoms. The van der Waals surface area contributed by atoms with E-state index in [4.69, 9.17) is 4.74 Å². The highest BCUT2D eigenvalue weighted by Gasteiger charge is 2.29. The lowest BCUT2D eigenvalue weighted by molar-refractivity contribution is -0.147. The summed E-state index contributed by atoms with van der Waals surface area (Å²) in [4.78, 5) is 22.4. The van der Waals surface area contributed by atoms with Crippen molar-refractivity contribution in [2.75, 3.05) is 6.61 Å². The lowest BCUT2D eigenvalue weighted by Crippen LogP contribution is -2.20.